The van der Waals surface area contributed by atoms with Crippen LogP contribution in [0.1, 0.15) is 107 Å². The molecule has 0 bridgehead atoms. The second-order valence-corrected chi connectivity index (χ2v) is 10.1. The molecule has 0 atom stereocenters. The smallest absolute Gasteiger partial charge is 0.0200 e. The quantitative estimate of drug-likeness (QED) is 0.510. The Morgan fingerprint density at radius 1 is 0.593 bits per heavy atom. The first-order valence-electron chi connectivity index (χ1n) is 12.2. The third kappa shape index (κ3) is 3.12. The first-order chi connectivity index (χ1) is 13.4. The molecule has 1 aromatic rings. The van der Waals surface area contributed by atoms with E-state index >= 15 is 0 Å². The van der Waals surface area contributed by atoms with Crippen LogP contribution in [-0.2, 0) is 5.41 Å². The van der Waals surface area contributed by atoms with Gasteiger partial charge in [-0.25, -0.2) is 0 Å². The summed E-state index contributed by atoms with van der Waals surface area (Å²) in [5, 5.41) is 0. The summed E-state index contributed by atoms with van der Waals surface area (Å²) in [5.74, 6) is 2.64. The van der Waals surface area contributed by atoms with Crippen LogP contribution in [0.15, 0.2) is 30.3 Å². The molecule has 4 aliphatic rings. The Kier molecular flexibility index (Phi) is 5.18. The molecule has 0 aromatic heterocycles. The molecule has 0 heteroatoms. The Balaban J connectivity index is 1.62. The van der Waals surface area contributed by atoms with Crippen LogP contribution in [0.2, 0.25) is 0 Å². The van der Waals surface area contributed by atoms with Gasteiger partial charge in [-0.15, -0.1) is 0 Å². The van der Waals surface area contributed by atoms with Crippen LogP contribution in [0.5, 0.6) is 0 Å². The van der Waals surface area contributed by atoms with Crippen LogP contribution in [-0.4, -0.2) is 0 Å². The molecule has 0 aliphatic heterocycles. The molecule has 0 N–H and O–H groups in total. The highest BCUT2D eigenvalue weighted by Crippen LogP contribution is 2.58. The zero-order valence-corrected chi connectivity index (χ0v) is 17.2. The predicted octanol–water partition coefficient (Wildman–Crippen LogP) is 8.06. The third-order valence-corrected chi connectivity index (χ3v) is 8.71. The number of allylic oxidation sites excluding steroid dienone is 2. The number of hydrogen-bond donors (Lipinski definition) is 0. The standard InChI is InChI=1S/C27H38/c1-4-12-21(13-5-1)25-20-27(22-14-6-2-7-15-22,23-16-8-3-9-17-23)26-19-11-10-18-24(25)26/h10-11,18-23H,1-9,12-17H2. The van der Waals surface area contributed by atoms with Gasteiger partial charge in [-0.2, -0.15) is 0 Å². The molecule has 0 saturated heterocycles. The lowest BCUT2D eigenvalue weighted by atomic mass is 9.57. The van der Waals surface area contributed by atoms with E-state index in [0.717, 1.165) is 17.8 Å². The zero-order chi connectivity index (χ0) is 18.1. The van der Waals surface area contributed by atoms with Gasteiger partial charge in [-0.05, 0) is 73.0 Å². The van der Waals surface area contributed by atoms with Gasteiger partial charge in [0.2, 0.25) is 0 Å². The topological polar surface area (TPSA) is 0 Å². The average Bonchev–Trinajstić information content (AvgIpc) is 3.12. The molecule has 0 nitrogen and oxygen atoms in total. The molecule has 0 spiro atoms. The Labute approximate surface area is 166 Å². The summed E-state index contributed by atoms with van der Waals surface area (Å²) in [6.45, 7) is 0. The summed E-state index contributed by atoms with van der Waals surface area (Å²) >= 11 is 0. The first-order valence-corrected chi connectivity index (χ1v) is 12.2. The second kappa shape index (κ2) is 7.76. The highest BCUT2D eigenvalue weighted by atomic mass is 14.5. The fraction of sp³-hybridized carbons (Fsp3) is 0.704. The fourth-order valence-electron chi connectivity index (χ4n) is 7.45. The third-order valence-electron chi connectivity index (χ3n) is 8.71. The van der Waals surface area contributed by atoms with Gasteiger partial charge in [-0.1, -0.05) is 88.1 Å². The molecular weight excluding hydrogens is 324 g/mol. The lowest BCUT2D eigenvalue weighted by molar-refractivity contribution is 0.143. The molecule has 27 heavy (non-hydrogen) atoms. The van der Waals surface area contributed by atoms with Gasteiger partial charge in [0.05, 0.1) is 0 Å². The molecule has 5 rings (SSSR count). The Bertz CT molecular complexity index is 645. The summed E-state index contributed by atoms with van der Waals surface area (Å²) in [6.07, 6.45) is 24.8. The summed E-state index contributed by atoms with van der Waals surface area (Å²) < 4.78 is 0. The monoisotopic (exact) mass is 362 g/mol. The molecule has 0 heterocycles. The minimum absolute atomic E-state index is 0.379. The van der Waals surface area contributed by atoms with Crippen LogP contribution in [0.4, 0.5) is 0 Å². The van der Waals surface area contributed by atoms with E-state index in [9.17, 15) is 0 Å². The second-order valence-electron chi connectivity index (χ2n) is 10.1. The average molecular weight is 363 g/mol. The SMILES string of the molecule is C1=C(C2CCCCC2)c2ccccc2C1(C1CCCCC1)C1CCCCC1. The highest BCUT2D eigenvalue weighted by Gasteiger charge is 2.50. The van der Waals surface area contributed by atoms with E-state index in [-0.39, 0.29) is 0 Å². The Hall–Kier alpha value is -1.04. The van der Waals surface area contributed by atoms with Gasteiger partial charge in [0, 0.05) is 5.41 Å². The van der Waals surface area contributed by atoms with E-state index in [1.807, 2.05) is 0 Å². The summed E-state index contributed by atoms with van der Waals surface area (Å²) in [6, 6.07) is 9.69. The molecule has 0 amide bonds. The van der Waals surface area contributed by atoms with E-state index < -0.39 is 0 Å². The predicted molar refractivity (Wildman–Crippen MR) is 116 cm³/mol. The molecule has 146 valence electrons. The minimum atomic E-state index is 0.379. The molecule has 0 radical (unpaired) electrons. The van der Waals surface area contributed by atoms with Crippen molar-refractivity contribution in [2.45, 2.75) is 102 Å². The highest BCUT2D eigenvalue weighted by molar-refractivity contribution is 5.78. The van der Waals surface area contributed by atoms with E-state index in [2.05, 4.69) is 30.3 Å². The van der Waals surface area contributed by atoms with E-state index in [1.54, 1.807) is 16.7 Å². The van der Waals surface area contributed by atoms with Crippen molar-refractivity contribution in [1.29, 1.82) is 0 Å². The van der Waals surface area contributed by atoms with Crippen LogP contribution in [0.3, 0.4) is 0 Å². The number of hydrogen-bond acceptors (Lipinski definition) is 0. The number of benzene rings is 1. The van der Waals surface area contributed by atoms with Crippen LogP contribution < -0.4 is 0 Å². The summed E-state index contributed by atoms with van der Waals surface area (Å²) in [4.78, 5) is 0. The maximum Gasteiger partial charge on any atom is 0.0200 e. The summed E-state index contributed by atoms with van der Waals surface area (Å²) in [5.41, 5.74) is 5.58. The van der Waals surface area contributed by atoms with Gasteiger partial charge >= 0.3 is 0 Å². The van der Waals surface area contributed by atoms with Crippen molar-refractivity contribution in [3.8, 4) is 0 Å². The van der Waals surface area contributed by atoms with E-state index in [1.165, 1.54) is 96.3 Å². The van der Waals surface area contributed by atoms with Gasteiger partial charge in [0.1, 0.15) is 0 Å². The van der Waals surface area contributed by atoms with Crippen molar-refractivity contribution in [1.82, 2.24) is 0 Å². The Morgan fingerprint density at radius 3 is 1.70 bits per heavy atom. The molecule has 3 fully saturated rings. The first kappa shape index (κ1) is 18.0. The maximum absolute atomic E-state index is 2.92. The van der Waals surface area contributed by atoms with Gasteiger partial charge in [0.15, 0.2) is 0 Å². The maximum atomic E-state index is 2.92. The van der Waals surface area contributed by atoms with Gasteiger partial charge in [-0.3, -0.25) is 0 Å². The van der Waals surface area contributed by atoms with Crippen molar-refractivity contribution >= 4 is 5.57 Å². The minimum Gasteiger partial charge on any atom is -0.0693 e. The number of rotatable bonds is 3. The lowest BCUT2D eigenvalue weighted by Gasteiger charge is -2.47. The Morgan fingerprint density at radius 2 is 1.11 bits per heavy atom. The molecule has 1 aromatic carbocycles. The van der Waals surface area contributed by atoms with Crippen molar-refractivity contribution in [2.75, 3.05) is 0 Å². The van der Waals surface area contributed by atoms with E-state index in [0.29, 0.717) is 5.41 Å². The van der Waals surface area contributed by atoms with Crippen LogP contribution >= 0.6 is 0 Å². The van der Waals surface area contributed by atoms with Crippen molar-refractivity contribution in [3.05, 3.63) is 41.5 Å². The van der Waals surface area contributed by atoms with Crippen molar-refractivity contribution in [3.63, 3.8) is 0 Å². The molecule has 0 unspecified atom stereocenters. The van der Waals surface area contributed by atoms with Crippen molar-refractivity contribution in [2.24, 2.45) is 17.8 Å². The molecule has 4 aliphatic carbocycles. The fourth-order valence-corrected chi connectivity index (χ4v) is 7.45. The van der Waals surface area contributed by atoms with Crippen LogP contribution in [0.25, 0.3) is 5.57 Å². The van der Waals surface area contributed by atoms with Crippen LogP contribution in [0, 0.1) is 17.8 Å². The zero-order valence-electron chi connectivity index (χ0n) is 17.2. The number of fused-ring (bicyclic) bond motifs is 1. The van der Waals surface area contributed by atoms with E-state index in [4.69, 9.17) is 0 Å². The lowest BCUT2D eigenvalue weighted by Crippen LogP contribution is -2.41. The normalized spacial score (nSPS) is 27.3. The van der Waals surface area contributed by atoms with Gasteiger partial charge < -0.3 is 0 Å². The molecule has 3 saturated carbocycles. The van der Waals surface area contributed by atoms with Gasteiger partial charge in [0.25, 0.3) is 0 Å². The molecular formula is C27H38. The largest absolute Gasteiger partial charge is 0.0693 e. The van der Waals surface area contributed by atoms with Crippen molar-refractivity contribution < 1.29 is 0 Å². The summed E-state index contributed by atoms with van der Waals surface area (Å²) in [7, 11) is 0.